The van der Waals surface area contributed by atoms with Crippen LogP contribution in [0.5, 0.6) is 0 Å². The summed E-state index contributed by atoms with van der Waals surface area (Å²) in [7, 11) is 1.86. The van der Waals surface area contributed by atoms with Crippen molar-refractivity contribution in [2.24, 2.45) is 0 Å². The molecule has 17 heavy (non-hydrogen) atoms. The predicted octanol–water partition coefficient (Wildman–Crippen LogP) is 1.88. The molecule has 1 aromatic heterocycles. The third-order valence-corrected chi connectivity index (χ3v) is 3.95. The first-order valence-electron chi connectivity index (χ1n) is 5.86. The van der Waals surface area contributed by atoms with Crippen LogP contribution >= 0.6 is 11.8 Å². The first-order chi connectivity index (χ1) is 8.20. The standard InChI is InChI=1S/C12H18FN3S/c1-9-8-16(3-4-17-9)12-10(6-14-2)5-11(13)7-15-12/h5,7,9,14H,3-4,6,8H2,1-2H3. The van der Waals surface area contributed by atoms with E-state index in [1.54, 1.807) is 6.07 Å². The first-order valence-corrected chi connectivity index (χ1v) is 6.91. The summed E-state index contributed by atoms with van der Waals surface area (Å²) in [4.78, 5) is 6.51. The monoisotopic (exact) mass is 255 g/mol. The fourth-order valence-corrected chi connectivity index (χ4v) is 3.10. The van der Waals surface area contributed by atoms with Crippen LogP contribution in [-0.4, -0.2) is 36.1 Å². The summed E-state index contributed by atoms with van der Waals surface area (Å²) in [5.74, 6) is 1.77. The number of anilines is 1. The molecule has 1 N–H and O–H groups in total. The van der Waals surface area contributed by atoms with Gasteiger partial charge in [0.1, 0.15) is 11.6 Å². The van der Waals surface area contributed by atoms with Crippen LogP contribution < -0.4 is 10.2 Å². The van der Waals surface area contributed by atoms with Gasteiger partial charge in [0.05, 0.1) is 6.20 Å². The second kappa shape index (κ2) is 5.69. The number of nitrogens with zero attached hydrogens (tertiary/aromatic N) is 2. The molecule has 0 aromatic carbocycles. The van der Waals surface area contributed by atoms with Gasteiger partial charge in [-0.3, -0.25) is 0 Å². The van der Waals surface area contributed by atoms with Gasteiger partial charge < -0.3 is 10.2 Å². The van der Waals surface area contributed by atoms with Crippen LogP contribution in [0.4, 0.5) is 10.2 Å². The number of hydrogen-bond acceptors (Lipinski definition) is 4. The van der Waals surface area contributed by atoms with Crippen molar-refractivity contribution in [3.05, 3.63) is 23.6 Å². The van der Waals surface area contributed by atoms with Gasteiger partial charge in [-0.05, 0) is 13.1 Å². The Morgan fingerprint density at radius 1 is 1.65 bits per heavy atom. The molecular formula is C12H18FN3S. The van der Waals surface area contributed by atoms with Crippen molar-refractivity contribution >= 4 is 17.6 Å². The minimum Gasteiger partial charge on any atom is -0.354 e. The van der Waals surface area contributed by atoms with Crippen LogP contribution in [0.15, 0.2) is 12.3 Å². The second-order valence-corrected chi connectivity index (χ2v) is 5.84. The topological polar surface area (TPSA) is 28.2 Å². The van der Waals surface area contributed by atoms with E-state index in [2.05, 4.69) is 22.1 Å². The van der Waals surface area contributed by atoms with E-state index in [0.29, 0.717) is 11.8 Å². The zero-order chi connectivity index (χ0) is 12.3. The Hall–Kier alpha value is -0.810. The highest BCUT2D eigenvalue weighted by Crippen LogP contribution is 2.25. The maximum absolute atomic E-state index is 13.2. The lowest BCUT2D eigenvalue weighted by atomic mass is 10.2. The van der Waals surface area contributed by atoms with E-state index in [1.165, 1.54) is 6.20 Å². The van der Waals surface area contributed by atoms with Crippen LogP contribution in [0, 0.1) is 5.82 Å². The van der Waals surface area contributed by atoms with E-state index in [9.17, 15) is 4.39 Å². The number of aromatic nitrogens is 1. The molecule has 0 amide bonds. The Morgan fingerprint density at radius 2 is 2.47 bits per heavy atom. The zero-order valence-corrected chi connectivity index (χ0v) is 11.1. The molecule has 94 valence electrons. The summed E-state index contributed by atoms with van der Waals surface area (Å²) in [6, 6.07) is 1.57. The molecule has 1 saturated heterocycles. The average molecular weight is 255 g/mol. The molecular weight excluding hydrogens is 237 g/mol. The van der Waals surface area contributed by atoms with Crippen molar-refractivity contribution in [1.29, 1.82) is 0 Å². The van der Waals surface area contributed by atoms with E-state index in [0.717, 1.165) is 30.2 Å². The highest BCUT2D eigenvalue weighted by molar-refractivity contribution is 8.00. The Kier molecular flexibility index (Phi) is 4.23. The summed E-state index contributed by atoms with van der Waals surface area (Å²) in [5.41, 5.74) is 0.937. The lowest BCUT2D eigenvalue weighted by Crippen LogP contribution is -2.38. The van der Waals surface area contributed by atoms with Crippen LogP contribution in [0.3, 0.4) is 0 Å². The van der Waals surface area contributed by atoms with E-state index in [4.69, 9.17) is 0 Å². The fraction of sp³-hybridized carbons (Fsp3) is 0.583. The molecule has 0 radical (unpaired) electrons. The van der Waals surface area contributed by atoms with Crippen LogP contribution in [0.25, 0.3) is 0 Å². The molecule has 3 nitrogen and oxygen atoms in total. The number of hydrogen-bond donors (Lipinski definition) is 1. The molecule has 1 unspecified atom stereocenters. The largest absolute Gasteiger partial charge is 0.354 e. The van der Waals surface area contributed by atoms with E-state index < -0.39 is 0 Å². The smallest absolute Gasteiger partial charge is 0.141 e. The van der Waals surface area contributed by atoms with Crippen LogP contribution in [-0.2, 0) is 6.54 Å². The number of halogens is 1. The highest BCUT2D eigenvalue weighted by atomic mass is 32.2. The van der Waals surface area contributed by atoms with Crippen LogP contribution in [0.1, 0.15) is 12.5 Å². The molecule has 0 aliphatic carbocycles. The fourth-order valence-electron chi connectivity index (χ4n) is 2.09. The molecule has 1 aromatic rings. The van der Waals surface area contributed by atoms with Gasteiger partial charge in [-0.1, -0.05) is 6.92 Å². The quantitative estimate of drug-likeness (QED) is 0.892. The van der Waals surface area contributed by atoms with Gasteiger partial charge in [-0.15, -0.1) is 0 Å². The SMILES string of the molecule is CNCc1cc(F)cnc1N1CCSC(C)C1. The molecule has 0 spiro atoms. The van der Waals surface area contributed by atoms with Crippen molar-refractivity contribution in [2.75, 3.05) is 30.8 Å². The summed E-state index contributed by atoms with van der Waals surface area (Å²) < 4.78 is 13.2. The maximum atomic E-state index is 13.2. The minimum atomic E-state index is -0.265. The summed E-state index contributed by atoms with van der Waals surface area (Å²) in [5, 5.41) is 3.67. The molecule has 0 saturated carbocycles. The van der Waals surface area contributed by atoms with Gasteiger partial charge >= 0.3 is 0 Å². The molecule has 2 rings (SSSR count). The van der Waals surface area contributed by atoms with Gasteiger partial charge in [0, 0.05) is 36.2 Å². The predicted molar refractivity (Wildman–Crippen MR) is 71.1 cm³/mol. The highest BCUT2D eigenvalue weighted by Gasteiger charge is 2.20. The number of nitrogens with one attached hydrogen (secondary N) is 1. The van der Waals surface area contributed by atoms with Gasteiger partial charge in [0.25, 0.3) is 0 Å². The Labute approximate surface area is 106 Å². The third-order valence-electron chi connectivity index (χ3n) is 2.82. The van der Waals surface area contributed by atoms with Crippen molar-refractivity contribution < 1.29 is 4.39 Å². The van der Waals surface area contributed by atoms with Crippen molar-refractivity contribution in [3.8, 4) is 0 Å². The summed E-state index contributed by atoms with van der Waals surface area (Å²) in [6.07, 6.45) is 1.31. The zero-order valence-electron chi connectivity index (χ0n) is 10.2. The lowest BCUT2D eigenvalue weighted by Gasteiger charge is -2.32. The minimum absolute atomic E-state index is 0.265. The van der Waals surface area contributed by atoms with Crippen molar-refractivity contribution in [2.45, 2.75) is 18.7 Å². The van der Waals surface area contributed by atoms with Gasteiger partial charge in [-0.2, -0.15) is 11.8 Å². The maximum Gasteiger partial charge on any atom is 0.141 e. The number of pyridine rings is 1. The normalized spacial score (nSPS) is 20.6. The van der Waals surface area contributed by atoms with E-state index in [1.807, 2.05) is 18.8 Å². The molecule has 1 fully saturated rings. The molecule has 1 aliphatic heterocycles. The van der Waals surface area contributed by atoms with Crippen molar-refractivity contribution in [1.82, 2.24) is 10.3 Å². The molecule has 1 atom stereocenters. The Morgan fingerprint density at radius 3 is 3.18 bits per heavy atom. The van der Waals surface area contributed by atoms with E-state index >= 15 is 0 Å². The first kappa shape index (κ1) is 12.6. The van der Waals surface area contributed by atoms with E-state index in [-0.39, 0.29) is 5.82 Å². The Bertz CT molecular complexity index is 386. The second-order valence-electron chi connectivity index (χ2n) is 4.29. The average Bonchev–Trinajstić information content (AvgIpc) is 2.29. The molecule has 5 heteroatoms. The molecule has 1 aliphatic rings. The molecule has 0 bridgehead atoms. The summed E-state index contributed by atoms with van der Waals surface area (Å²) in [6.45, 7) is 4.85. The van der Waals surface area contributed by atoms with Gasteiger partial charge in [0.2, 0.25) is 0 Å². The summed E-state index contributed by atoms with van der Waals surface area (Å²) >= 11 is 1.98. The number of rotatable bonds is 3. The van der Waals surface area contributed by atoms with Crippen molar-refractivity contribution in [3.63, 3.8) is 0 Å². The lowest BCUT2D eigenvalue weighted by molar-refractivity contribution is 0.614. The van der Waals surface area contributed by atoms with Gasteiger partial charge in [0.15, 0.2) is 0 Å². The Balaban J connectivity index is 2.23. The van der Waals surface area contributed by atoms with Gasteiger partial charge in [-0.25, -0.2) is 9.37 Å². The number of thioether (sulfide) groups is 1. The van der Waals surface area contributed by atoms with Crippen LogP contribution in [0.2, 0.25) is 0 Å². The third kappa shape index (κ3) is 3.10. The molecule has 2 heterocycles.